The zero-order valence-electron chi connectivity index (χ0n) is 19.2. The minimum Gasteiger partial charge on any atom is -0.353 e. The fraction of sp³-hybridized carbons (Fsp3) is 0.226. The predicted octanol–water partition coefficient (Wildman–Crippen LogP) is 8.03. The summed E-state index contributed by atoms with van der Waals surface area (Å²) >= 11 is 0. The molecule has 0 saturated carbocycles. The van der Waals surface area contributed by atoms with Crippen LogP contribution < -0.4 is 0 Å². The number of rotatable bonds is 8. The van der Waals surface area contributed by atoms with Crippen LogP contribution in [-0.2, 0) is 10.3 Å². The number of hydrogen-bond donors (Lipinski definition) is 0. The summed E-state index contributed by atoms with van der Waals surface area (Å²) < 4.78 is 7.41. The lowest BCUT2D eigenvalue weighted by Crippen LogP contribution is -2.36. The van der Waals surface area contributed by atoms with Gasteiger partial charge in [-0.1, -0.05) is 142 Å². The van der Waals surface area contributed by atoms with Gasteiger partial charge >= 0.3 is 0 Å². The first kappa shape index (κ1) is 22.0. The molecule has 0 aliphatic rings. The van der Waals surface area contributed by atoms with Crippen LogP contribution in [0.1, 0.15) is 49.1 Å². The van der Waals surface area contributed by atoms with E-state index in [4.69, 9.17) is 4.74 Å². The van der Waals surface area contributed by atoms with Gasteiger partial charge in [0.2, 0.25) is 0 Å². The molecule has 0 radical (unpaired) electrons. The monoisotopic (exact) mass is 420 g/mol. The van der Waals surface area contributed by atoms with Gasteiger partial charge in [0.15, 0.2) is 0 Å². The highest BCUT2D eigenvalue weighted by Crippen LogP contribution is 2.46. The molecular weight excluding hydrogens is 388 g/mol. The van der Waals surface area contributed by atoms with Crippen LogP contribution in [0.25, 0.3) is 0 Å². The van der Waals surface area contributed by atoms with E-state index < -0.39 is 5.60 Å². The van der Waals surface area contributed by atoms with Crippen molar-refractivity contribution in [3.63, 3.8) is 0 Å². The summed E-state index contributed by atoms with van der Waals surface area (Å²) in [6.45, 7) is 6.85. The molecule has 0 fully saturated rings. The molecular formula is C31H32O. The van der Waals surface area contributed by atoms with Crippen molar-refractivity contribution in [3.05, 3.63) is 144 Å². The van der Waals surface area contributed by atoms with E-state index in [1.54, 1.807) is 0 Å². The van der Waals surface area contributed by atoms with Gasteiger partial charge in [0.25, 0.3) is 0 Å². The lowest BCUT2D eigenvalue weighted by Gasteiger charge is -2.41. The Balaban J connectivity index is 1.98. The SMILES string of the molecule is CC(C)C(C)C(OC(c1ccccc1)(c1ccccc1)c1ccccc1)c1ccccc1. The van der Waals surface area contributed by atoms with Crippen LogP contribution in [0.3, 0.4) is 0 Å². The van der Waals surface area contributed by atoms with E-state index in [1.165, 1.54) is 5.56 Å². The maximum atomic E-state index is 7.41. The minimum atomic E-state index is -0.729. The molecule has 0 bridgehead atoms. The highest BCUT2D eigenvalue weighted by Gasteiger charge is 2.41. The van der Waals surface area contributed by atoms with E-state index in [2.05, 4.69) is 142 Å². The Morgan fingerprint density at radius 2 is 0.844 bits per heavy atom. The molecule has 0 aliphatic heterocycles. The summed E-state index contributed by atoms with van der Waals surface area (Å²) in [6, 6.07) is 42.5. The van der Waals surface area contributed by atoms with Crippen molar-refractivity contribution in [2.24, 2.45) is 11.8 Å². The van der Waals surface area contributed by atoms with Gasteiger partial charge in [0.1, 0.15) is 5.60 Å². The third-order valence-electron chi connectivity index (χ3n) is 6.50. The molecule has 162 valence electrons. The van der Waals surface area contributed by atoms with Crippen molar-refractivity contribution in [3.8, 4) is 0 Å². The van der Waals surface area contributed by atoms with Crippen molar-refractivity contribution in [2.45, 2.75) is 32.5 Å². The van der Waals surface area contributed by atoms with Gasteiger partial charge in [-0.2, -0.15) is 0 Å². The minimum absolute atomic E-state index is 0.0724. The Morgan fingerprint density at radius 3 is 1.19 bits per heavy atom. The smallest absolute Gasteiger partial charge is 0.144 e. The Labute approximate surface area is 192 Å². The number of ether oxygens (including phenoxy) is 1. The summed E-state index contributed by atoms with van der Waals surface area (Å²) in [4.78, 5) is 0. The van der Waals surface area contributed by atoms with Crippen LogP contribution in [-0.4, -0.2) is 0 Å². The standard InChI is InChI=1S/C31H32O/c1-24(2)25(3)30(26-16-8-4-9-17-26)32-31(27-18-10-5-11-19-27,28-20-12-6-13-21-28)29-22-14-7-15-23-29/h4-25,30H,1-3H3. The van der Waals surface area contributed by atoms with Crippen molar-refractivity contribution in [1.82, 2.24) is 0 Å². The highest BCUT2D eigenvalue weighted by molar-refractivity contribution is 5.47. The van der Waals surface area contributed by atoms with Crippen LogP contribution in [0.15, 0.2) is 121 Å². The first-order valence-corrected chi connectivity index (χ1v) is 11.5. The predicted molar refractivity (Wildman–Crippen MR) is 133 cm³/mol. The van der Waals surface area contributed by atoms with Gasteiger partial charge in [0, 0.05) is 0 Å². The van der Waals surface area contributed by atoms with Gasteiger partial charge in [-0.3, -0.25) is 0 Å². The van der Waals surface area contributed by atoms with Crippen LogP contribution in [0.5, 0.6) is 0 Å². The average Bonchev–Trinajstić information content (AvgIpc) is 2.87. The van der Waals surface area contributed by atoms with E-state index >= 15 is 0 Å². The maximum Gasteiger partial charge on any atom is 0.144 e. The topological polar surface area (TPSA) is 9.23 Å². The van der Waals surface area contributed by atoms with E-state index in [1.807, 2.05) is 0 Å². The van der Waals surface area contributed by atoms with Gasteiger partial charge < -0.3 is 4.74 Å². The molecule has 4 rings (SSSR count). The molecule has 2 unspecified atom stereocenters. The Kier molecular flexibility index (Phi) is 6.87. The zero-order valence-corrected chi connectivity index (χ0v) is 19.2. The van der Waals surface area contributed by atoms with E-state index in [0.717, 1.165) is 16.7 Å². The fourth-order valence-corrected chi connectivity index (χ4v) is 4.38. The third-order valence-corrected chi connectivity index (χ3v) is 6.50. The van der Waals surface area contributed by atoms with E-state index in [9.17, 15) is 0 Å². The number of benzene rings is 4. The van der Waals surface area contributed by atoms with Gasteiger partial charge in [0.05, 0.1) is 6.10 Å². The second kappa shape index (κ2) is 9.97. The van der Waals surface area contributed by atoms with Gasteiger partial charge in [-0.25, -0.2) is 0 Å². The second-order valence-corrected chi connectivity index (χ2v) is 8.83. The molecule has 2 atom stereocenters. The van der Waals surface area contributed by atoms with Crippen molar-refractivity contribution in [1.29, 1.82) is 0 Å². The van der Waals surface area contributed by atoms with Gasteiger partial charge in [-0.15, -0.1) is 0 Å². The zero-order chi connectivity index (χ0) is 22.4. The summed E-state index contributed by atoms with van der Waals surface area (Å²) in [7, 11) is 0. The Morgan fingerprint density at radius 1 is 0.500 bits per heavy atom. The van der Waals surface area contributed by atoms with Crippen molar-refractivity contribution < 1.29 is 4.74 Å². The molecule has 4 aromatic rings. The van der Waals surface area contributed by atoms with E-state index in [-0.39, 0.29) is 6.10 Å². The lowest BCUT2D eigenvalue weighted by molar-refractivity contribution is -0.0823. The fourth-order valence-electron chi connectivity index (χ4n) is 4.38. The molecule has 0 amide bonds. The summed E-state index contributed by atoms with van der Waals surface area (Å²) in [6.07, 6.45) is -0.0724. The molecule has 0 heterocycles. The van der Waals surface area contributed by atoms with Crippen molar-refractivity contribution in [2.75, 3.05) is 0 Å². The maximum absolute atomic E-state index is 7.41. The second-order valence-electron chi connectivity index (χ2n) is 8.83. The lowest BCUT2D eigenvalue weighted by atomic mass is 9.78. The van der Waals surface area contributed by atoms with Crippen LogP contribution in [0.2, 0.25) is 0 Å². The number of hydrogen-bond acceptors (Lipinski definition) is 1. The largest absolute Gasteiger partial charge is 0.353 e. The molecule has 0 saturated heterocycles. The average molecular weight is 421 g/mol. The Hall–Kier alpha value is -3.16. The molecule has 0 N–H and O–H groups in total. The highest BCUT2D eigenvalue weighted by atomic mass is 16.5. The van der Waals surface area contributed by atoms with Crippen LogP contribution in [0, 0.1) is 11.8 Å². The summed E-state index contributed by atoms with van der Waals surface area (Å²) in [5.41, 5.74) is 3.88. The molecule has 0 aromatic heterocycles. The molecule has 32 heavy (non-hydrogen) atoms. The summed E-state index contributed by atoms with van der Waals surface area (Å²) in [5, 5.41) is 0. The van der Waals surface area contributed by atoms with Crippen LogP contribution >= 0.6 is 0 Å². The molecule has 0 aliphatic carbocycles. The molecule has 0 spiro atoms. The third kappa shape index (κ3) is 4.40. The molecule has 1 heteroatoms. The molecule has 4 aromatic carbocycles. The van der Waals surface area contributed by atoms with E-state index in [0.29, 0.717) is 11.8 Å². The van der Waals surface area contributed by atoms with Gasteiger partial charge in [-0.05, 0) is 34.1 Å². The first-order valence-electron chi connectivity index (χ1n) is 11.5. The van der Waals surface area contributed by atoms with Crippen molar-refractivity contribution >= 4 is 0 Å². The summed E-state index contributed by atoms with van der Waals surface area (Å²) in [5.74, 6) is 0.799. The van der Waals surface area contributed by atoms with Crippen LogP contribution in [0.4, 0.5) is 0 Å². The first-order chi connectivity index (χ1) is 15.6. The molecule has 1 nitrogen and oxygen atoms in total. The Bertz CT molecular complexity index is 976. The quantitative estimate of drug-likeness (QED) is 0.262. The normalized spacial score (nSPS) is 13.6.